The SMILES string of the molecule is O=C1CCCN1c1ccc(Cl)c(I)c1. The van der Waals surface area contributed by atoms with Crippen molar-refractivity contribution in [2.75, 3.05) is 11.4 Å². The minimum absolute atomic E-state index is 0.211. The van der Waals surface area contributed by atoms with Crippen LogP contribution in [0.2, 0.25) is 5.02 Å². The Morgan fingerprint density at radius 3 is 2.79 bits per heavy atom. The number of hydrogen-bond donors (Lipinski definition) is 0. The quantitative estimate of drug-likeness (QED) is 0.728. The summed E-state index contributed by atoms with van der Waals surface area (Å²) in [5.41, 5.74) is 0.960. The fraction of sp³-hybridized carbons (Fsp3) is 0.300. The third kappa shape index (κ3) is 1.88. The standard InChI is InChI=1S/C10H9ClINO/c11-8-4-3-7(6-9(8)12)13-5-1-2-10(13)14/h3-4,6H,1-2,5H2. The van der Waals surface area contributed by atoms with E-state index in [2.05, 4.69) is 22.6 Å². The molecule has 0 N–H and O–H groups in total. The Balaban J connectivity index is 2.32. The van der Waals surface area contributed by atoms with Crippen LogP contribution in [-0.4, -0.2) is 12.5 Å². The number of benzene rings is 1. The van der Waals surface area contributed by atoms with Crippen LogP contribution in [0.25, 0.3) is 0 Å². The summed E-state index contributed by atoms with van der Waals surface area (Å²) in [7, 11) is 0. The molecule has 14 heavy (non-hydrogen) atoms. The van der Waals surface area contributed by atoms with Gasteiger partial charge in [0, 0.05) is 22.2 Å². The van der Waals surface area contributed by atoms with Crippen molar-refractivity contribution in [3.05, 3.63) is 26.8 Å². The fourth-order valence-corrected chi connectivity index (χ4v) is 2.19. The smallest absolute Gasteiger partial charge is 0.227 e. The van der Waals surface area contributed by atoms with E-state index in [0.29, 0.717) is 6.42 Å². The van der Waals surface area contributed by atoms with E-state index in [1.807, 2.05) is 23.1 Å². The van der Waals surface area contributed by atoms with Gasteiger partial charge in [-0.15, -0.1) is 0 Å². The highest BCUT2D eigenvalue weighted by atomic mass is 127. The van der Waals surface area contributed by atoms with Gasteiger partial charge in [-0.1, -0.05) is 11.6 Å². The molecular weight excluding hydrogens is 312 g/mol. The number of halogens is 2. The van der Waals surface area contributed by atoms with Crippen LogP contribution in [0.15, 0.2) is 18.2 Å². The average molecular weight is 322 g/mol. The second kappa shape index (κ2) is 4.06. The van der Waals surface area contributed by atoms with Crippen molar-refractivity contribution >= 4 is 45.8 Å². The highest BCUT2D eigenvalue weighted by Gasteiger charge is 2.21. The third-order valence-electron chi connectivity index (χ3n) is 2.29. The fourth-order valence-electron chi connectivity index (χ4n) is 1.57. The predicted molar refractivity (Wildman–Crippen MR) is 65.8 cm³/mol. The Hall–Kier alpha value is -0.290. The van der Waals surface area contributed by atoms with Crippen molar-refractivity contribution in [1.29, 1.82) is 0 Å². The summed E-state index contributed by atoms with van der Waals surface area (Å²) >= 11 is 8.09. The molecule has 2 nitrogen and oxygen atoms in total. The van der Waals surface area contributed by atoms with Gasteiger partial charge in [-0.3, -0.25) is 4.79 Å². The Morgan fingerprint density at radius 1 is 1.43 bits per heavy atom. The van der Waals surface area contributed by atoms with E-state index in [1.54, 1.807) is 0 Å². The maximum atomic E-state index is 11.5. The maximum absolute atomic E-state index is 11.5. The zero-order valence-corrected chi connectivity index (χ0v) is 10.4. The first kappa shape index (κ1) is 10.2. The van der Waals surface area contributed by atoms with Gasteiger partial charge in [0.15, 0.2) is 0 Å². The lowest BCUT2D eigenvalue weighted by atomic mass is 10.3. The highest BCUT2D eigenvalue weighted by molar-refractivity contribution is 14.1. The molecule has 1 aromatic carbocycles. The van der Waals surface area contributed by atoms with Crippen molar-refractivity contribution in [2.45, 2.75) is 12.8 Å². The number of carbonyl (C=O) groups excluding carboxylic acids is 1. The zero-order chi connectivity index (χ0) is 10.1. The number of nitrogens with zero attached hydrogens (tertiary/aromatic N) is 1. The molecule has 0 unspecified atom stereocenters. The molecule has 4 heteroatoms. The summed E-state index contributed by atoms with van der Waals surface area (Å²) in [6.07, 6.45) is 1.62. The molecule has 1 heterocycles. The topological polar surface area (TPSA) is 20.3 Å². The Kier molecular flexibility index (Phi) is 2.97. The van der Waals surface area contributed by atoms with Crippen LogP contribution in [0, 0.1) is 3.57 Å². The summed E-state index contributed by atoms with van der Waals surface area (Å²) in [6, 6.07) is 5.68. The molecule has 1 aliphatic rings. The molecule has 0 spiro atoms. The van der Waals surface area contributed by atoms with E-state index in [4.69, 9.17) is 11.6 Å². The Bertz CT molecular complexity index is 380. The lowest BCUT2D eigenvalue weighted by molar-refractivity contribution is -0.117. The molecule has 1 aromatic rings. The van der Waals surface area contributed by atoms with Gasteiger partial charge in [-0.2, -0.15) is 0 Å². The zero-order valence-electron chi connectivity index (χ0n) is 7.46. The van der Waals surface area contributed by atoms with Crippen LogP contribution in [0.4, 0.5) is 5.69 Å². The molecule has 0 radical (unpaired) electrons. The summed E-state index contributed by atoms with van der Waals surface area (Å²) in [6.45, 7) is 0.830. The number of anilines is 1. The molecule has 74 valence electrons. The Morgan fingerprint density at radius 2 is 2.21 bits per heavy atom. The summed E-state index contributed by atoms with van der Waals surface area (Å²) in [4.78, 5) is 13.3. The summed E-state index contributed by atoms with van der Waals surface area (Å²) in [5.74, 6) is 0.211. The first-order valence-electron chi connectivity index (χ1n) is 4.44. The number of amides is 1. The largest absolute Gasteiger partial charge is 0.312 e. The van der Waals surface area contributed by atoms with E-state index >= 15 is 0 Å². The molecular formula is C10H9ClINO. The van der Waals surface area contributed by atoms with Crippen molar-refractivity contribution in [2.24, 2.45) is 0 Å². The minimum atomic E-state index is 0.211. The normalized spacial score (nSPS) is 16.4. The third-order valence-corrected chi connectivity index (χ3v) is 3.83. The van der Waals surface area contributed by atoms with E-state index < -0.39 is 0 Å². The van der Waals surface area contributed by atoms with Gasteiger partial charge in [-0.05, 0) is 47.2 Å². The van der Waals surface area contributed by atoms with Crippen LogP contribution in [-0.2, 0) is 4.79 Å². The van der Waals surface area contributed by atoms with Crippen LogP contribution in [0.5, 0.6) is 0 Å². The van der Waals surface area contributed by atoms with Crippen LogP contribution < -0.4 is 4.90 Å². The number of rotatable bonds is 1. The van der Waals surface area contributed by atoms with Gasteiger partial charge in [0.05, 0.1) is 5.02 Å². The van der Waals surface area contributed by atoms with Gasteiger partial charge in [0.25, 0.3) is 0 Å². The van der Waals surface area contributed by atoms with Crippen molar-refractivity contribution < 1.29 is 4.79 Å². The van der Waals surface area contributed by atoms with E-state index in [-0.39, 0.29) is 5.91 Å². The molecule has 0 aliphatic carbocycles. The van der Waals surface area contributed by atoms with Gasteiger partial charge >= 0.3 is 0 Å². The van der Waals surface area contributed by atoms with Crippen molar-refractivity contribution in [3.63, 3.8) is 0 Å². The van der Waals surface area contributed by atoms with Crippen LogP contribution >= 0.6 is 34.2 Å². The van der Waals surface area contributed by atoms with E-state index in [1.165, 1.54) is 0 Å². The summed E-state index contributed by atoms with van der Waals surface area (Å²) < 4.78 is 0.987. The minimum Gasteiger partial charge on any atom is -0.312 e. The molecule has 0 saturated carbocycles. The molecule has 1 fully saturated rings. The number of carbonyl (C=O) groups is 1. The van der Waals surface area contributed by atoms with Crippen LogP contribution in [0.3, 0.4) is 0 Å². The first-order valence-corrected chi connectivity index (χ1v) is 5.89. The van der Waals surface area contributed by atoms with E-state index in [9.17, 15) is 4.79 Å². The average Bonchev–Trinajstić information content (AvgIpc) is 2.57. The van der Waals surface area contributed by atoms with Crippen molar-refractivity contribution in [3.8, 4) is 0 Å². The van der Waals surface area contributed by atoms with Crippen LogP contribution in [0.1, 0.15) is 12.8 Å². The van der Waals surface area contributed by atoms with Gasteiger partial charge in [-0.25, -0.2) is 0 Å². The highest BCUT2D eigenvalue weighted by Crippen LogP contribution is 2.27. The van der Waals surface area contributed by atoms with Gasteiger partial charge < -0.3 is 4.90 Å². The van der Waals surface area contributed by atoms with Gasteiger partial charge in [0.1, 0.15) is 0 Å². The monoisotopic (exact) mass is 321 g/mol. The number of hydrogen-bond acceptors (Lipinski definition) is 1. The molecule has 0 aromatic heterocycles. The lowest BCUT2D eigenvalue weighted by Gasteiger charge is -2.15. The molecule has 0 bridgehead atoms. The second-order valence-corrected chi connectivity index (χ2v) is 4.82. The lowest BCUT2D eigenvalue weighted by Crippen LogP contribution is -2.23. The molecule has 1 aliphatic heterocycles. The predicted octanol–water partition coefficient (Wildman–Crippen LogP) is 3.07. The van der Waals surface area contributed by atoms with Crippen molar-refractivity contribution in [1.82, 2.24) is 0 Å². The molecule has 2 rings (SSSR count). The van der Waals surface area contributed by atoms with Gasteiger partial charge in [0.2, 0.25) is 5.91 Å². The Labute approximate surface area is 101 Å². The molecule has 0 atom stereocenters. The molecule has 1 saturated heterocycles. The maximum Gasteiger partial charge on any atom is 0.227 e. The molecule has 1 amide bonds. The van der Waals surface area contributed by atoms with E-state index in [0.717, 1.165) is 27.2 Å². The summed E-state index contributed by atoms with van der Waals surface area (Å²) in [5, 5.41) is 0.737. The second-order valence-electron chi connectivity index (χ2n) is 3.25. The first-order chi connectivity index (χ1) is 6.68.